The molecule has 0 aliphatic carbocycles. The zero-order chi connectivity index (χ0) is 18.8. The van der Waals surface area contributed by atoms with Gasteiger partial charge in [0.05, 0.1) is 0 Å². The molecule has 0 fully saturated rings. The van der Waals surface area contributed by atoms with Gasteiger partial charge in [-0.15, -0.1) is 24.0 Å². The largest absolute Gasteiger partial charge is 0.357 e. The lowest BCUT2D eigenvalue weighted by Crippen LogP contribution is -2.38. The molecule has 0 radical (unpaired) electrons. The Morgan fingerprint density at radius 3 is 2.74 bits per heavy atom. The van der Waals surface area contributed by atoms with Crippen LogP contribution in [0.25, 0.3) is 0 Å². The molecular formula is C19H29ClIN5O. The third-order valence-electron chi connectivity index (χ3n) is 3.76. The second-order valence-electron chi connectivity index (χ2n) is 6.37. The van der Waals surface area contributed by atoms with Crippen molar-refractivity contribution in [2.75, 3.05) is 19.6 Å². The summed E-state index contributed by atoms with van der Waals surface area (Å²) in [6.45, 7) is 8.48. The van der Waals surface area contributed by atoms with E-state index in [9.17, 15) is 0 Å². The van der Waals surface area contributed by atoms with Crippen molar-refractivity contribution in [2.24, 2.45) is 4.99 Å². The first kappa shape index (κ1) is 23.7. The molecule has 0 spiro atoms. The Bertz CT molecular complexity index is 705. The highest BCUT2D eigenvalue weighted by Gasteiger charge is 2.09. The fourth-order valence-corrected chi connectivity index (χ4v) is 2.60. The minimum atomic E-state index is 0. The number of nitrogens with one attached hydrogen (secondary N) is 2. The number of hydrogen-bond acceptors (Lipinski definition) is 4. The van der Waals surface area contributed by atoms with E-state index in [0.29, 0.717) is 12.4 Å². The van der Waals surface area contributed by atoms with Crippen LogP contribution in [-0.2, 0) is 12.8 Å². The van der Waals surface area contributed by atoms with Crippen molar-refractivity contribution in [2.45, 2.75) is 46.0 Å². The van der Waals surface area contributed by atoms with Crippen LogP contribution >= 0.6 is 35.6 Å². The molecule has 0 atom stereocenters. The zero-order valence-corrected chi connectivity index (χ0v) is 19.3. The van der Waals surface area contributed by atoms with Crippen molar-refractivity contribution in [1.82, 2.24) is 20.8 Å². The Morgan fingerprint density at radius 2 is 2.07 bits per heavy atom. The Hall–Kier alpha value is -1.35. The molecule has 0 amide bonds. The van der Waals surface area contributed by atoms with Crippen LogP contribution in [0.2, 0.25) is 5.02 Å². The number of hydrogen-bond donors (Lipinski definition) is 2. The van der Waals surface area contributed by atoms with Gasteiger partial charge in [-0.2, -0.15) is 4.98 Å². The molecule has 1 heterocycles. The van der Waals surface area contributed by atoms with Crippen LogP contribution in [0.3, 0.4) is 0 Å². The zero-order valence-electron chi connectivity index (χ0n) is 16.2. The second-order valence-corrected chi connectivity index (χ2v) is 6.81. The minimum absolute atomic E-state index is 0. The maximum Gasteiger partial charge on any atom is 0.226 e. The standard InChI is InChI=1S/C19H28ClN5O.HI/c1-4-21-19(23-12-10-15-7-5-8-16(20)13-15)22-11-6-9-17-24-18(14(2)3)25-26-17;/h5,7-8,13-14H,4,6,9-12H2,1-3H3,(H2,21,22,23);1H. The molecule has 0 aliphatic rings. The van der Waals surface area contributed by atoms with Gasteiger partial charge in [-0.1, -0.05) is 42.7 Å². The second kappa shape index (κ2) is 12.9. The molecule has 0 saturated carbocycles. The molecule has 2 rings (SSSR count). The van der Waals surface area contributed by atoms with Crippen molar-refractivity contribution in [3.63, 3.8) is 0 Å². The first-order valence-corrected chi connectivity index (χ1v) is 9.55. The Morgan fingerprint density at radius 1 is 1.26 bits per heavy atom. The van der Waals surface area contributed by atoms with E-state index in [4.69, 9.17) is 16.1 Å². The SMILES string of the molecule is CCNC(=NCCCc1nc(C(C)C)no1)NCCc1cccc(Cl)c1.I. The smallest absolute Gasteiger partial charge is 0.226 e. The lowest BCUT2D eigenvalue weighted by Gasteiger charge is -2.11. The van der Waals surface area contributed by atoms with Gasteiger partial charge in [-0.05, 0) is 37.5 Å². The fourth-order valence-electron chi connectivity index (χ4n) is 2.38. The van der Waals surface area contributed by atoms with Gasteiger partial charge in [-0.3, -0.25) is 4.99 Å². The van der Waals surface area contributed by atoms with Crippen molar-refractivity contribution >= 4 is 41.5 Å². The molecule has 0 bridgehead atoms. The summed E-state index contributed by atoms with van der Waals surface area (Å²) in [7, 11) is 0. The summed E-state index contributed by atoms with van der Waals surface area (Å²) >= 11 is 6.02. The van der Waals surface area contributed by atoms with E-state index in [0.717, 1.165) is 49.2 Å². The van der Waals surface area contributed by atoms with E-state index < -0.39 is 0 Å². The van der Waals surface area contributed by atoms with Crippen molar-refractivity contribution < 1.29 is 4.52 Å². The summed E-state index contributed by atoms with van der Waals surface area (Å²) in [6.07, 6.45) is 2.50. The highest BCUT2D eigenvalue weighted by molar-refractivity contribution is 14.0. The van der Waals surface area contributed by atoms with Gasteiger partial charge in [-0.25, -0.2) is 0 Å². The quantitative estimate of drug-likeness (QED) is 0.231. The summed E-state index contributed by atoms with van der Waals surface area (Å²) in [6, 6.07) is 7.92. The topological polar surface area (TPSA) is 75.3 Å². The van der Waals surface area contributed by atoms with E-state index in [-0.39, 0.29) is 29.9 Å². The summed E-state index contributed by atoms with van der Waals surface area (Å²) in [5.41, 5.74) is 1.21. The average molecular weight is 506 g/mol. The molecule has 8 heteroatoms. The summed E-state index contributed by atoms with van der Waals surface area (Å²) in [5.74, 6) is 2.56. The van der Waals surface area contributed by atoms with Crippen LogP contribution in [-0.4, -0.2) is 35.7 Å². The van der Waals surface area contributed by atoms with E-state index >= 15 is 0 Å². The number of rotatable bonds is 9. The fraction of sp³-hybridized carbons (Fsp3) is 0.526. The summed E-state index contributed by atoms with van der Waals surface area (Å²) in [4.78, 5) is 8.98. The number of aliphatic imine (C=N–C) groups is 1. The molecular weight excluding hydrogens is 477 g/mol. The Kier molecular flexibility index (Phi) is 11.3. The molecule has 6 nitrogen and oxygen atoms in total. The van der Waals surface area contributed by atoms with E-state index in [1.165, 1.54) is 5.56 Å². The van der Waals surface area contributed by atoms with Crippen molar-refractivity contribution in [3.8, 4) is 0 Å². The molecule has 2 N–H and O–H groups in total. The first-order chi connectivity index (χ1) is 12.6. The van der Waals surface area contributed by atoms with Crippen molar-refractivity contribution in [3.05, 3.63) is 46.6 Å². The third kappa shape index (κ3) is 8.92. The molecule has 1 aromatic heterocycles. The van der Waals surface area contributed by atoms with Crippen LogP contribution in [0.1, 0.15) is 50.4 Å². The van der Waals surface area contributed by atoms with Crippen LogP contribution in [0, 0.1) is 0 Å². The van der Waals surface area contributed by atoms with Gasteiger partial charge in [0.1, 0.15) is 0 Å². The average Bonchev–Trinajstić information content (AvgIpc) is 3.08. The molecule has 0 aliphatic heterocycles. The van der Waals surface area contributed by atoms with Crippen LogP contribution in [0.5, 0.6) is 0 Å². The Balaban J connectivity index is 0.00000364. The van der Waals surface area contributed by atoms with E-state index in [2.05, 4.69) is 52.6 Å². The molecule has 0 unspecified atom stereocenters. The molecule has 0 saturated heterocycles. The number of aromatic nitrogens is 2. The predicted octanol–water partition coefficient (Wildman–Crippen LogP) is 4.19. The lowest BCUT2D eigenvalue weighted by molar-refractivity contribution is 0.369. The van der Waals surface area contributed by atoms with Crippen molar-refractivity contribution in [1.29, 1.82) is 0 Å². The minimum Gasteiger partial charge on any atom is -0.357 e. The first-order valence-electron chi connectivity index (χ1n) is 9.17. The van der Waals surface area contributed by atoms with Gasteiger partial charge in [0, 0.05) is 37.0 Å². The van der Waals surface area contributed by atoms with E-state index in [1.54, 1.807) is 0 Å². The van der Waals surface area contributed by atoms with E-state index in [1.807, 2.05) is 18.2 Å². The monoisotopic (exact) mass is 505 g/mol. The summed E-state index contributed by atoms with van der Waals surface area (Å²) < 4.78 is 5.25. The van der Waals surface area contributed by atoms with Gasteiger partial charge in [0.25, 0.3) is 0 Å². The molecule has 1 aromatic carbocycles. The van der Waals surface area contributed by atoms with Crippen LogP contribution in [0.4, 0.5) is 0 Å². The maximum absolute atomic E-state index is 6.02. The summed E-state index contributed by atoms with van der Waals surface area (Å²) in [5, 5.41) is 11.4. The number of aryl methyl sites for hydroxylation is 1. The molecule has 27 heavy (non-hydrogen) atoms. The number of nitrogens with zero attached hydrogens (tertiary/aromatic N) is 3. The molecule has 150 valence electrons. The van der Waals surface area contributed by atoms with Crippen LogP contribution in [0.15, 0.2) is 33.8 Å². The highest BCUT2D eigenvalue weighted by atomic mass is 127. The predicted molar refractivity (Wildman–Crippen MR) is 121 cm³/mol. The third-order valence-corrected chi connectivity index (χ3v) is 3.99. The number of guanidine groups is 1. The number of benzene rings is 1. The molecule has 2 aromatic rings. The van der Waals surface area contributed by atoms with Gasteiger partial charge in [0.2, 0.25) is 5.89 Å². The maximum atomic E-state index is 6.02. The lowest BCUT2D eigenvalue weighted by atomic mass is 10.1. The normalized spacial score (nSPS) is 11.4. The highest BCUT2D eigenvalue weighted by Crippen LogP contribution is 2.11. The van der Waals surface area contributed by atoms with Gasteiger partial charge < -0.3 is 15.2 Å². The Labute approximate surface area is 183 Å². The van der Waals surface area contributed by atoms with Gasteiger partial charge >= 0.3 is 0 Å². The van der Waals surface area contributed by atoms with Crippen LogP contribution < -0.4 is 10.6 Å². The van der Waals surface area contributed by atoms with Gasteiger partial charge in [0.15, 0.2) is 11.8 Å². The number of halogens is 2.